The van der Waals surface area contributed by atoms with Crippen LogP contribution in [-0.4, -0.2) is 16.3 Å². The number of benzene rings is 1. The Hall–Kier alpha value is -1.28. The average Bonchev–Trinajstić information content (AvgIpc) is 2.62. The molecule has 0 aromatic heterocycles. The molecule has 18 heavy (non-hydrogen) atoms. The number of aliphatic hydroxyl groups excluding tert-OH is 1. The predicted octanol–water partition coefficient (Wildman–Crippen LogP) is 3.35. The van der Waals surface area contributed by atoms with Crippen molar-refractivity contribution in [3.8, 4) is 5.75 Å². The maximum absolute atomic E-state index is 9.90. The van der Waals surface area contributed by atoms with Gasteiger partial charge in [-0.15, -0.1) is 0 Å². The summed E-state index contributed by atoms with van der Waals surface area (Å²) in [6.45, 7) is 4.55. The first-order valence-corrected chi connectivity index (χ1v) is 6.61. The number of rotatable bonds is 1. The molecule has 2 heteroatoms. The van der Waals surface area contributed by atoms with E-state index in [0.29, 0.717) is 5.75 Å². The van der Waals surface area contributed by atoms with E-state index in [1.807, 2.05) is 12.1 Å². The van der Waals surface area contributed by atoms with Gasteiger partial charge in [0, 0.05) is 0 Å². The first-order chi connectivity index (χ1) is 8.42. The molecule has 0 aliphatic heterocycles. The van der Waals surface area contributed by atoms with Gasteiger partial charge in [0.1, 0.15) is 5.75 Å². The Morgan fingerprint density at radius 1 is 1.11 bits per heavy atom. The summed E-state index contributed by atoms with van der Waals surface area (Å²) in [7, 11) is 0. The van der Waals surface area contributed by atoms with Crippen LogP contribution in [0.25, 0.3) is 5.57 Å². The second-order valence-corrected chi connectivity index (χ2v) is 6.43. The van der Waals surface area contributed by atoms with E-state index in [9.17, 15) is 10.2 Å². The van der Waals surface area contributed by atoms with Crippen LogP contribution in [0.1, 0.15) is 38.7 Å². The predicted molar refractivity (Wildman–Crippen MR) is 72.2 cm³/mol. The van der Waals surface area contributed by atoms with E-state index in [1.165, 1.54) is 11.1 Å². The highest BCUT2D eigenvalue weighted by Gasteiger charge is 2.54. The molecular weight excluding hydrogens is 224 g/mol. The van der Waals surface area contributed by atoms with Gasteiger partial charge >= 0.3 is 0 Å². The monoisotopic (exact) mass is 244 g/mol. The second kappa shape index (κ2) is 3.61. The summed E-state index contributed by atoms with van der Waals surface area (Å²) in [4.78, 5) is 0. The number of phenols is 1. The van der Waals surface area contributed by atoms with Crippen LogP contribution < -0.4 is 0 Å². The molecular formula is C16H20O2. The number of aromatic hydroxyl groups is 1. The van der Waals surface area contributed by atoms with Crippen LogP contribution >= 0.6 is 0 Å². The number of hydrogen-bond donors (Lipinski definition) is 2. The summed E-state index contributed by atoms with van der Waals surface area (Å²) in [5.74, 6) is 0.311. The quantitative estimate of drug-likeness (QED) is 0.795. The van der Waals surface area contributed by atoms with Crippen molar-refractivity contribution in [2.75, 3.05) is 0 Å². The molecule has 96 valence electrons. The van der Waals surface area contributed by atoms with Gasteiger partial charge in [-0.1, -0.05) is 32.1 Å². The molecule has 2 aliphatic rings. The van der Waals surface area contributed by atoms with Gasteiger partial charge in [-0.2, -0.15) is 0 Å². The second-order valence-electron chi connectivity index (χ2n) is 6.43. The molecule has 3 unspecified atom stereocenters. The molecule has 0 heterocycles. The third kappa shape index (κ3) is 1.59. The first-order valence-electron chi connectivity index (χ1n) is 6.61. The maximum Gasteiger partial charge on any atom is 0.115 e. The van der Waals surface area contributed by atoms with Gasteiger partial charge in [-0.05, 0) is 53.4 Å². The molecule has 0 bridgehead atoms. The molecule has 0 radical (unpaired) electrons. The Balaban J connectivity index is 1.96. The van der Waals surface area contributed by atoms with E-state index in [0.717, 1.165) is 19.3 Å². The smallest absolute Gasteiger partial charge is 0.115 e. The van der Waals surface area contributed by atoms with Gasteiger partial charge in [0.15, 0.2) is 0 Å². The molecule has 2 nitrogen and oxygen atoms in total. The zero-order chi connectivity index (χ0) is 13.0. The minimum Gasteiger partial charge on any atom is -0.508 e. The Bertz CT molecular complexity index is 502. The third-order valence-electron chi connectivity index (χ3n) is 5.04. The lowest BCUT2D eigenvalue weighted by Gasteiger charge is -2.33. The first kappa shape index (κ1) is 11.8. The summed E-state index contributed by atoms with van der Waals surface area (Å²) >= 11 is 0. The largest absolute Gasteiger partial charge is 0.508 e. The van der Waals surface area contributed by atoms with Crippen LogP contribution in [0, 0.1) is 10.8 Å². The van der Waals surface area contributed by atoms with Crippen molar-refractivity contribution < 1.29 is 10.2 Å². The molecule has 1 aromatic carbocycles. The van der Waals surface area contributed by atoms with Crippen molar-refractivity contribution in [3.63, 3.8) is 0 Å². The minimum atomic E-state index is -0.155. The van der Waals surface area contributed by atoms with Crippen molar-refractivity contribution in [1.29, 1.82) is 0 Å². The molecule has 0 spiro atoms. The lowest BCUT2D eigenvalue weighted by atomic mass is 9.70. The SMILES string of the molecule is CC12C=C(c3ccc(O)cc3)CC1(C)CC(O)C2. The molecule has 2 aliphatic carbocycles. The molecule has 2 N–H and O–H groups in total. The highest BCUT2D eigenvalue weighted by molar-refractivity contribution is 5.70. The van der Waals surface area contributed by atoms with Crippen molar-refractivity contribution in [2.45, 2.75) is 39.2 Å². The highest BCUT2D eigenvalue weighted by Crippen LogP contribution is 2.62. The van der Waals surface area contributed by atoms with E-state index in [2.05, 4.69) is 19.9 Å². The van der Waals surface area contributed by atoms with Crippen LogP contribution in [0.5, 0.6) is 5.75 Å². The lowest BCUT2D eigenvalue weighted by molar-refractivity contribution is 0.164. The van der Waals surface area contributed by atoms with Gasteiger partial charge in [0.25, 0.3) is 0 Å². The zero-order valence-electron chi connectivity index (χ0n) is 11.0. The fraction of sp³-hybridized carbons (Fsp3) is 0.500. The molecule has 1 fully saturated rings. The zero-order valence-corrected chi connectivity index (χ0v) is 11.0. The standard InChI is InChI=1S/C16H20O2/c1-15-7-12(11-3-5-13(17)6-4-11)8-16(15,2)10-14(18)9-15/h3-7,14,17-18H,8-10H2,1-2H3. The van der Waals surface area contributed by atoms with Crippen LogP contribution in [0.4, 0.5) is 0 Å². The molecule has 0 amide bonds. The fourth-order valence-corrected chi connectivity index (χ4v) is 3.79. The van der Waals surface area contributed by atoms with Crippen molar-refractivity contribution in [3.05, 3.63) is 35.9 Å². The molecule has 1 aromatic rings. The summed E-state index contributed by atoms with van der Waals surface area (Å²) in [6.07, 6.45) is 4.96. The Kier molecular flexibility index (Phi) is 2.36. The molecule has 3 atom stereocenters. The summed E-state index contributed by atoms with van der Waals surface area (Å²) in [5.41, 5.74) is 2.84. The van der Waals surface area contributed by atoms with Gasteiger partial charge in [0.05, 0.1) is 6.10 Å². The van der Waals surface area contributed by atoms with E-state index in [-0.39, 0.29) is 16.9 Å². The number of allylic oxidation sites excluding steroid dienone is 2. The van der Waals surface area contributed by atoms with Crippen LogP contribution in [0.3, 0.4) is 0 Å². The Labute approximate surface area is 108 Å². The topological polar surface area (TPSA) is 40.5 Å². The number of aliphatic hydroxyl groups is 1. The molecule has 1 saturated carbocycles. The lowest BCUT2D eigenvalue weighted by Crippen LogP contribution is -2.25. The third-order valence-corrected chi connectivity index (χ3v) is 5.04. The van der Waals surface area contributed by atoms with Crippen LogP contribution in [0.15, 0.2) is 30.3 Å². The normalized spacial score (nSPS) is 38.6. The van der Waals surface area contributed by atoms with Crippen LogP contribution in [0.2, 0.25) is 0 Å². The highest BCUT2D eigenvalue weighted by atomic mass is 16.3. The van der Waals surface area contributed by atoms with E-state index in [1.54, 1.807) is 12.1 Å². The van der Waals surface area contributed by atoms with E-state index < -0.39 is 0 Å². The van der Waals surface area contributed by atoms with Gasteiger partial charge < -0.3 is 10.2 Å². The van der Waals surface area contributed by atoms with Crippen molar-refractivity contribution in [2.24, 2.45) is 10.8 Å². The van der Waals surface area contributed by atoms with Gasteiger partial charge in [-0.25, -0.2) is 0 Å². The van der Waals surface area contributed by atoms with Crippen LogP contribution in [-0.2, 0) is 0 Å². The van der Waals surface area contributed by atoms with Gasteiger partial charge in [-0.3, -0.25) is 0 Å². The van der Waals surface area contributed by atoms with E-state index >= 15 is 0 Å². The number of phenolic OH excluding ortho intramolecular Hbond substituents is 1. The Morgan fingerprint density at radius 3 is 2.39 bits per heavy atom. The summed E-state index contributed by atoms with van der Waals surface area (Å²) in [5, 5.41) is 19.2. The maximum atomic E-state index is 9.90. The molecule has 3 rings (SSSR count). The average molecular weight is 244 g/mol. The van der Waals surface area contributed by atoms with Crippen molar-refractivity contribution >= 4 is 5.57 Å². The number of hydrogen-bond acceptors (Lipinski definition) is 2. The number of fused-ring (bicyclic) bond motifs is 1. The summed E-state index contributed by atoms with van der Waals surface area (Å²) in [6, 6.07) is 7.43. The Morgan fingerprint density at radius 2 is 1.78 bits per heavy atom. The van der Waals surface area contributed by atoms with Gasteiger partial charge in [0.2, 0.25) is 0 Å². The molecule has 0 saturated heterocycles. The van der Waals surface area contributed by atoms with Crippen molar-refractivity contribution in [1.82, 2.24) is 0 Å². The van der Waals surface area contributed by atoms with E-state index in [4.69, 9.17) is 0 Å². The minimum absolute atomic E-state index is 0.111. The fourth-order valence-electron chi connectivity index (χ4n) is 3.79. The summed E-state index contributed by atoms with van der Waals surface area (Å²) < 4.78 is 0.